The number of hydrogen-bond donors (Lipinski definition) is 2. The van der Waals surface area contributed by atoms with Crippen LogP contribution in [0.2, 0.25) is 5.02 Å². The Balaban J connectivity index is 0.00000320. The molecule has 0 saturated heterocycles. The third-order valence-corrected chi connectivity index (χ3v) is 3.76. The van der Waals surface area contributed by atoms with Gasteiger partial charge in [0.15, 0.2) is 17.4 Å². The van der Waals surface area contributed by atoms with E-state index >= 15 is 0 Å². The van der Waals surface area contributed by atoms with E-state index in [1.807, 2.05) is 0 Å². The summed E-state index contributed by atoms with van der Waals surface area (Å²) in [6.07, 6.45) is 0.751. The van der Waals surface area contributed by atoms with E-state index in [0.717, 1.165) is 29.2 Å². The number of carboxylic acids is 1. The van der Waals surface area contributed by atoms with Crippen LogP contribution in [-0.2, 0) is 11.3 Å². The monoisotopic (exact) mass is 464 g/mol. The Morgan fingerprint density at radius 1 is 1.30 bits per heavy atom. The molecule has 2 aromatic heterocycles. The summed E-state index contributed by atoms with van der Waals surface area (Å²) in [6.45, 7) is -0.0912. The molecule has 0 aliphatic rings. The number of pyridine rings is 1. The third-order valence-electron chi connectivity index (χ3n) is 3.56. The fourth-order valence-corrected chi connectivity index (χ4v) is 2.44. The SMILES string of the molecule is Cl.N[C@@H](CC(=O)O)Cn1nnc(-c2ccc(Oc3ncc(Cl)cc3F)c(F)c2F)n1. The molecule has 9 nitrogen and oxygen atoms in total. The van der Waals surface area contributed by atoms with Crippen molar-refractivity contribution in [3.8, 4) is 23.0 Å². The number of benzene rings is 1. The van der Waals surface area contributed by atoms with Gasteiger partial charge in [0.05, 0.1) is 23.6 Å². The zero-order chi connectivity index (χ0) is 21.1. The van der Waals surface area contributed by atoms with Gasteiger partial charge in [0.1, 0.15) is 0 Å². The smallest absolute Gasteiger partial charge is 0.304 e. The van der Waals surface area contributed by atoms with E-state index in [-0.39, 0.29) is 41.8 Å². The molecule has 0 bridgehead atoms. The molecule has 3 aromatic rings. The van der Waals surface area contributed by atoms with Crippen LogP contribution in [0.3, 0.4) is 0 Å². The highest BCUT2D eigenvalue weighted by atomic mass is 35.5. The van der Waals surface area contributed by atoms with E-state index in [4.69, 9.17) is 27.2 Å². The molecule has 0 amide bonds. The van der Waals surface area contributed by atoms with Crippen LogP contribution in [0, 0.1) is 17.5 Å². The summed E-state index contributed by atoms with van der Waals surface area (Å²) in [5.74, 6) is -6.29. The minimum Gasteiger partial charge on any atom is -0.481 e. The lowest BCUT2D eigenvalue weighted by Gasteiger charge is -2.09. The van der Waals surface area contributed by atoms with Crippen molar-refractivity contribution in [1.82, 2.24) is 25.2 Å². The molecule has 160 valence electrons. The second-order valence-electron chi connectivity index (χ2n) is 5.81. The predicted octanol–water partition coefficient (Wildman–Crippen LogP) is 2.82. The molecule has 2 heterocycles. The molecule has 3 N–H and O–H groups in total. The first-order valence-corrected chi connectivity index (χ1v) is 8.35. The maximum atomic E-state index is 14.4. The summed E-state index contributed by atoms with van der Waals surface area (Å²) >= 11 is 5.57. The minimum absolute atomic E-state index is 0. The maximum absolute atomic E-state index is 14.4. The number of tetrazole rings is 1. The van der Waals surface area contributed by atoms with Crippen LogP contribution in [0.25, 0.3) is 11.4 Å². The van der Waals surface area contributed by atoms with Crippen molar-refractivity contribution in [2.24, 2.45) is 5.73 Å². The average Bonchev–Trinajstić information content (AvgIpc) is 3.08. The van der Waals surface area contributed by atoms with Gasteiger partial charge in [-0.15, -0.1) is 22.6 Å². The van der Waals surface area contributed by atoms with Crippen molar-refractivity contribution in [1.29, 1.82) is 0 Å². The highest BCUT2D eigenvalue weighted by molar-refractivity contribution is 6.30. The molecule has 1 aromatic carbocycles. The van der Waals surface area contributed by atoms with Crippen molar-refractivity contribution >= 4 is 30.0 Å². The molecular weight excluding hydrogens is 452 g/mol. The zero-order valence-electron chi connectivity index (χ0n) is 14.8. The molecule has 30 heavy (non-hydrogen) atoms. The van der Waals surface area contributed by atoms with Crippen LogP contribution >= 0.6 is 24.0 Å². The molecule has 14 heteroatoms. The number of nitrogens with zero attached hydrogens (tertiary/aromatic N) is 5. The standard InChI is InChI=1S/C16H12ClF3N6O3.ClH/c17-7-3-10(18)16(22-5-7)29-11-2-1-9(13(19)14(11)20)15-23-25-26(24-15)6-8(21)4-12(27)28;/h1-3,5,8H,4,6,21H2,(H,27,28);1H/t8-;/m0./s1. The number of aliphatic carboxylic acids is 1. The van der Waals surface area contributed by atoms with E-state index in [2.05, 4.69) is 20.4 Å². The quantitative estimate of drug-likeness (QED) is 0.545. The third kappa shape index (κ3) is 5.34. The van der Waals surface area contributed by atoms with Crippen LogP contribution in [0.15, 0.2) is 24.4 Å². The number of nitrogens with two attached hydrogens (primary N) is 1. The lowest BCUT2D eigenvalue weighted by Crippen LogP contribution is -2.30. The zero-order valence-corrected chi connectivity index (χ0v) is 16.4. The molecule has 0 unspecified atom stereocenters. The summed E-state index contributed by atoms with van der Waals surface area (Å²) < 4.78 is 47.5. The fourth-order valence-electron chi connectivity index (χ4n) is 2.29. The topological polar surface area (TPSA) is 129 Å². The van der Waals surface area contributed by atoms with E-state index in [1.165, 1.54) is 0 Å². The first-order chi connectivity index (χ1) is 13.7. The number of carboxylic acid groups (broad SMARTS) is 1. The number of rotatable bonds is 7. The Labute approximate surface area is 178 Å². The van der Waals surface area contributed by atoms with Gasteiger partial charge in [-0.05, 0) is 23.4 Å². The van der Waals surface area contributed by atoms with E-state index in [1.54, 1.807) is 0 Å². The van der Waals surface area contributed by atoms with Gasteiger partial charge in [-0.3, -0.25) is 4.79 Å². The Kier molecular flexibility index (Phi) is 7.54. The molecule has 0 saturated carbocycles. The molecule has 0 aliphatic carbocycles. The van der Waals surface area contributed by atoms with Gasteiger partial charge in [0.2, 0.25) is 11.6 Å². The van der Waals surface area contributed by atoms with Crippen molar-refractivity contribution < 1.29 is 27.8 Å². The Morgan fingerprint density at radius 2 is 2.03 bits per heavy atom. The molecule has 0 fully saturated rings. The van der Waals surface area contributed by atoms with Crippen molar-refractivity contribution in [2.45, 2.75) is 19.0 Å². The van der Waals surface area contributed by atoms with Crippen molar-refractivity contribution in [3.05, 3.63) is 46.9 Å². The van der Waals surface area contributed by atoms with Crippen LogP contribution < -0.4 is 10.5 Å². The maximum Gasteiger partial charge on any atom is 0.304 e. The summed E-state index contributed by atoms with van der Waals surface area (Å²) in [6, 6.07) is 2.26. The fraction of sp³-hybridized carbons (Fsp3) is 0.188. The summed E-state index contributed by atoms with van der Waals surface area (Å²) in [5.41, 5.74) is 5.28. The molecule has 1 atom stereocenters. The average molecular weight is 465 g/mol. The van der Waals surface area contributed by atoms with Crippen LogP contribution in [0.1, 0.15) is 6.42 Å². The summed E-state index contributed by atoms with van der Waals surface area (Å²) in [4.78, 5) is 15.2. The van der Waals surface area contributed by atoms with E-state index in [9.17, 15) is 18.0 Å². The second kappa shape index (κ2) is 9.69. The Morgan fingerprint density at radius 3 is 2.70 bits per heavy atom. The van der Waals surface area contributed by atoms with Gasteiger partial charge in [0.25, 0.3) is 5.88 Å². The van der Waals surface area contributed by atoms with Crippen molar-refractivity contribution in [2.75, 3.05) is 0 Å². The normalized spacial score (nSPS) is 11.6. The first kappa shape index (κ1) is 23.3. The minimum atomic E-state index is -1.42. The number of ether oxygens (including phenoxy) is 1. The Bertz CT molecular complexity index is 1070. The van der Waals surface area contributed by atoms with Gasteiger partial charge in [0, 0.05) is 12.2 Å². The molecule has 0 aliphatic heterocycles. The number of hydrogen-bond acceptors (Lipinski definition) is 7. The second-order valence-corrected chi connectivity index (χ2v) is 6.24. The van der Waals surface area contributed by atoms with Gasteiger partial charge in [-0.25, -0.2) is 13.8 Å². The van der Waals surface area contributed by atoms with Crippen LogP contribution in [0.5, 0.6) is 11.6 Å². The van der Waals surface area contributed by atoms with Crippen molar-refractivity contribution in [3.63, 3.8) is 0 Å². The highest BCUT2D eigenvalue weighted by Crippen LogP contribution is 2.31. The summed E-state index contributed by atoms with van der Waals surface area (Å²) in [7, 11) is 0. The van der Waals surface area contributed by atoms with Crippen LogP contribution in [-0.4, -0.2) is 42.3 Å². The highest BCUT2D eigenvalue weighted by Gasteiger charge is 2.21. The lowest BCUT2D eigenvalue weighted by molar-refractivity contribution is -0.137. The van der Waals surface area contributed by atoms with Gasteiger partial charge < -0.3 is 15.6 Å². The first-order valence-electron chi connectivity index (χ1n) is 7.97. The van der Waals surface area contributed by atoms with Gasteiger partial charge in [-0.1, -0.05) is 11.6 Å². The molecule has 3 rings (SSSR count). The molecule has 0 radical (unpaired) electrons. The molecular formula is C16H13Cl2F3N6O3. The van der Waals surface area contributed by atoms with E-state index < -0.39 is 41.1 Å². The summed E-state index contributed by atoms with van der Waals surface area (Å²) in [5, 5.41) is 19.8. The number of halogens is 5. The largest absolute Gasteiger partial charge is 0.481 e. The van der Waals surface area contributed by atoms with Gasteiger partial charge >= 0.3 is 5.97 Å². The predicted molar refractivity (Wildman–Crippen MR) is 99.9 cm³/mol. The lowest BCUT2D eigenvalue weighted by atomic mass is 10.2. The van der Waals surface area contributed by atoms with E-state index in [0.29, 0.717) is 0 Å². The molecule has 0 spiro atoms. The number of aromatic nitrogens is 5. The van der Waals surface area contributed by atoms with Gasteiger partial charge in [-0.2, -0.15) is 9.19 Å². The van der Waals surface area contributed by atoms with Crippen LogP contribution in [0.4, 0.5) is 13.2 Å². The number of carbonyl (C=O) groups is 1. The Hall–Kier alpha value is -2.96.